The van der Waals surface area contributed by atoms with Gasteiger partial charge in [0, 0.05) is 12.1 Å². The van der Waals surface area contributed by atoms with Crippen molar-refractivity contribution < 1.29 is 13.5 Å². The fourth-order valence-corrected chi connectivity index (χ4v) is 7.70. The molecule has 1 aliphatic carbocycles. The molecule has 3 N–H and O–H groups in total. The van der Waals surface area contributed by atoms with Crippen LogP contribution in [0.25, 0.3) is 33.7 Å². The van der Waals surface area contributed by atoms with Crippen LogP contribution in [0.1, 0.15) is 85.6 Å². The summed E-state index contributed by atoms with van der Waals surface area (Å²) in [6, 6.07) is 16.5. The molecule has 0 radical (unpaired) electrons. The average molecular weight is 663 g/mol. The van der Waals surface area contributed by atoms with Crippen molar-refractivity contribution in [2.24, 2.45) is 5.73 Å². The lowest BCUT2D eigenvalue weighted by atomic mass is 9.89. The second-order valence-electron chi connectivity index (χ2n) is 13.3. The van der Waals surface area contributed by atoms with Crippen molar-refractivity contribution >= 4 is 16.9 Å². The molecule has 256 valence electrons. The standard InChI is InChI=1S/C40H47FN6O2/c1-4-26-27(13-11-16-31(26)39-45-35-23-25(12-6-7-19-42)22-32(41)37(35)49-39)28-14-10-15-30-29(28)17-18-34(30)44-38-33(5-2)43-36(40(46-38)48-3)24-47-20-8-9-21-47/h10-11,13-16,22-23,34H,4-9,12,17-21,24,42H2,1-3H3,(H,44,46)/t34-/m1/s1. The molecule has 0 bridgehead atoms. The van der Waals surface area contributed by atoms with E-state index in [1.165, 1.54) is 29.5 Å². The van der Waals surface area contributed by atoms with Crippen LogP contribution in [0, 0.1) is 5.82 Å². The third-order valence-electron chi connectivity index (χ3n) is 10.2. The first-order valence-electron chi connectivity index (χ1n) is 18.0. The van der Waals surface area contributed by atoms with Crippen LogP contribution in [0.4, 0.5) is 10.2 Å². The molecule has 3 aromatic carbocycles. The van der Waals surface area contributed by atoms with Crippen molar-refractivity contribution in [1.29, 1.82) is 0 Å². The summed E-state index contributed by atoms with van der Waals surface area (Å²) in [6.45, 7) is 7.88. The molecule has 3 heterocycles. The summed E-state index contributed by atoms with van der Waals surface area (Å²) in [5.41, 5.74) is 16.2. The van der Waals surface area contributed by atoms with E-state index in [1.807, 2.05) is 12.1 Å². The van der Waals surface area contributed by atoms with Gasteiger partial charge in [-0.25, -0.2) is 14.4 Å². The number of nitrogens with two attached hydrogens (primary N) is 1. The number of unbranched alkanes of at least 4 members (excludes halogenated alkanes) is 1. The Bertz CT molecular complexity index is 1950. The lowest BCUT2D eigenvalue weighted by molar-refractivity contribution is 0.311. The summed E-state index contributed by atoms with van der Waals surface area (Å²) in [5, 5.41) is 3.76. The summed E-state index contributed by atoms with van der Waals surface area (Å²) in [6.07, 6.45) is 8.51. The number of benzene rings is 3. The molecule has 1 aliphatic heterocycles. The maximum absolute atomic E-state index is 15.2. The van der Waals surface area contributed by atoms with Crippen LogP contribution in [-0.2, 0) is 32.2 Å². The second-order valence-corrected chi connectivity index (χ2v) is 13.3. The Labute approximate surface area is 288 Å². The maximum Gasteiger partial charge on any atom is 0.238 e. The summed E-state index contributed by atoms with van der Waals surface area (Å²) in [4.78, 5) is 17.3. The van der Waals surface area contributed by atoms with Crippen LogP contribution >= 0.6 is 0 Å². The number of aromatic nitrogens is 3. The zero-order valence-corrected chi connectivity index (χ0v) is 28.9. The number of ether oxygens (including phenoxy) is 1. The Kier molecular flexibility index (Phi) is 9.91. The number of aryl methyl sites for hydroxylation is 2. The summed E-state index contributed by atoms with van der Waals surface area (Å²) >= 11 is 0. The number of rotatable bonds is 13. The summed E-state index contributed by atoms with van der Waals surface area (Å²) in [7, 11) is 1.68. The summed E-state index contributed by atoms with van der Waals surface area (Å²) in [5.74, 6) is 1.48. The van der Waals surface area contributed by atoms with Crippen molar-refractivity contribution in [2.45, 2.75) is 84.2 Å². The Morgan fingerprint density at radius 1 is 0.959 bits per heavy atom. The minimum absolute atomic E-state index is 0.107. The third kappa shape index (κ3) is 6.66. The van der Waals surface area contributed by atoms with Gasteiger partial charge in [0.1, 0.15) is 11.2 Å². The molecule has 5 aromatic rings. The van der Waals surface area contributed by atoms with Crippen molar-refractivity contribution in [3.8, 4) is 28.5 Å². The number of hydrogen-bond acceptors (Lipinski definition) is 8. The highest BCUT2D eigenvalue weighted by Crippen LogP contribution is 2.43. The molecule has 0 spiro atoms. The minimum atomic E-state index is -0.373. The Hall–Kier alpha value is -4.34. The number of hydrogen-bond donors (Lipinski definition) is 2. The molecule has 2 aliphatic rings. The molecule has 49 heavy (non-hydrogen) atoms. The third-order valence-corrected chi connectivity index (χ3v) is 10.2. The van der Waals surface area contributed by atoms with E-state index < -0.39 is 0 Å². The molecular formula is C40H47FN6O2. The molecule has 0 unspecified atom stereocenters. The molecule has 0 saturated carbocycles. The number of halogens is 1. The maximum atomic E-state index is 15.2. The molecule has 9 heteroatoms. The van der Waals surface area contributed by atoms with Crippen molar-refractivity contribution in [3.05, 3.63) is 88.0 Å². The van der Waals surface area contributed by atoms with Crippen LogP contribution in [-0.4, -0.2) is 46.6 Å². The zero-order valence-electron chi connectivity index (χ0n) is 28.9. The average Bonchev–Trinajstić information content (AvgIpc) is 3.89. The highest BCUT2D eigenvalue weighted by Gasteiger charge is 2.28. The first-order valence-corrected chi connectivity index (χ1v) is 18.0. The van der Waals surface area contributed by atoms with Gasteiger partial charge in [-0.2, -0.15) is 4.98 Å². The van der Waals surface area contributed by atoms with Crippen LogP contribution in [0.5, 0.6) is 5.88 Å². The second kappa shape index (κ2) is 14.6. The first kappa shape index (κ1) is 33.2. The molecule has 0 amide bonds. The van der Waals surface area contributed by atoms with Crippen molar-refractivity contribution in [1.82, 2.24) is 19.9 Å². The van der Waals surface area contributed by atoms with Gasteiger partial charge in [0.15, 0.2) is 17.2 Å². The fraction of sp³-hybridized carbons (Fsp3) is 0.425. The molecule has 1 saturated heterocycles. The van der Waals surface area contributed by atoms with E-state index in [0.717, 1.165) is 104 Å². The SMILES string of the molecule is CCc1nc(CN2CCCC2)c(OC)nc1N[C@@H]1CCc2c(-c3cccc(-c4nc5cc(CCCCN)cc(F)c5o4)c3CC)cccc21. The Balaban J connectivity index is 1.19. The number of fused-ring (bicyclic) bond motifs is 2. The molecule has 2 aromatic heterocycles. The number of nitrogens with zero attached hydrogens (tertiary/aromatic N) is 4. The predicted octanol–water partition coefficient (Wildman–Crippen LogP) is 8.20. The summed E-state index contributed by atoms with van der Waals surface area (Å²) < 4.78 is 27.0. The number of likely N-dealkylation sites (tertiary alicyclic amines) is 1. The smallest absolute Gasteiger partial charge is 0.238 e. The lowest BCUT2D eigenvalue weighted by Gasteiger charge is -2.21. The zero-order chi connectivity index (χ0) is 33.9. The molecule has 1 fully saturated rings. The van der Waals surface area contributed by atoms with E-state index in [9.17, 15) is 0 Å². The molecular weight excluding hydrogens is 615 g/mol. The monoisotopic (exact) mass is 662 g/mol. The van der Waals surface area contributed by atoms with Crippen LogP contribution in [0.15, 0.2) is 52.9 Å². The number of anilines is 1. The number of methoxy groups -OCH3 is 1. The highest BCUT2D eigenvalue weighted by atomic mass is 19.1. The highest BCUT2D eigenvalue weighted by molar-refractivity contribution is 5.82. The van der Waals surface area contributed by atoms with Gasteiger partial charge in [-0.15, -0.1) is 0 Å². The van der Waals surface area contributed by atoms with Gasteiger partial charge in [-0.3, -0.25) is 4.90 Å². The predicted molar refractivity (Wildman–Crippen MR) is 193 cm³/mol. The van der Waals surface area contributed by atoms with Crippen LogP contribution < -0.4 is 15.8 Å². The van der Waals surface area contributed by atoms with Crippen LogP contribution in [0.3, 0.4) is 0 Å². The first-order chi connectivity index (χ1) is 24.0. The fourth-order valence-electron chi connectivity index (χ4n) is 7.70. The van der Waals surface area contributed by atoms with E-state index >= 15 is 4.39 Å². The minimum Gasteiger partial charge on any atom is -0.480 e. The van der Waals surface area contributed by atoms with Crippen LogP contribution in [0.2, 0.25) is 0 Å². The van der Waals surface area contributed by atoms with Gasteiger partial charge < -0.3 is 20.2 Å². The molecule has 8 nitrogen and oxygen atoms in total. The van der Waals surface area contributed by atoms with Gasteiger partial charge in [-0.1, -0.05) is 44.2 Å². The lowest BCUT2D eigenvalue weighted by Crippen LogP contribution is -2.21. The van der Waals surface area contributed by atoms with Gasteiger partial charge >= 0.3 is 0 Å². The van der Waals surface area contributed by atoms with Crippen molar-refractivity contribution in [3.63, 3.8) is 0 Å². The van der Waals surface area contributed by atoms with E-state index in [2.05, 4.69) is 54.4 Å². The van der Waals surface area contributed by atoms with Gasteiger partial charge in [0.25, 0.3) is 0 Å². The van der Waals surface area contributed by atoms with E-state index in [-0.39, 0.29) is 17.4 Å². The van der Waals surface area contributed by atoms with Gasteiger partial charge in [-0.05, 0) is 129 Å². The van der Waals surface area contributed by atoms with E-state index in [0.29, 0.717) is 23.8 Å². The number of nitrogens with one attached hydrogen (secondary N) is 1. The topological polar surface area (TPSA) is 102 Å². The van der Waals surface area contributed by atoms with Crippen molar-refractivity contribution in [2.75, 3.05) is 32.1 Å². The Morgan fingerprint density at radius 2 is 1.76 bits per heavy atom. The quantitative estimate of drug-likeness (QED) is 0.122. The van der Waals surface area contributed by atoms with Gasteiger partial charge in [0.2, 0.25) is 11.8 Å². The van der Waals surface area contributed by atoms with Gasteiger partial charge in [0.05, 0.1) is 18.8 Å². The van der Waals surface area contributed by atoms with E-state index in [1.54, 1.807) is 13.2 Å². The van der Waals surface area contributed by atoms with E-state index in [4.69, 9.17) is 29.8 Å². The normalized spacial score (nSPS) is 16.1. The number of oxazole rings is 1. The molecule has 7 rings (SSSR count). The Morgan fingerprint density at radius 3 is 2.53 bits per heavy atom. The largest absolute Gasteiger partial charge is 0.480 e. The molecule has 1 atom stereocenters.